The van der Waals surface area contributed by atoms with E-state index in [9.17, 15) is 8.42 Å². The van der Waals surface area contributed by atoms with Crippen LogP contribution in [0.3, 0.4) is 0 Å². The van der Waals surface area contributed by atoms with Gasteiger partial charge >= 0.3 is 0 Å². The van der Waals surface area contributed by atoms with Crippen LogP contribution < -0.4 is 0 Å². The van der Waals surface area contributed by atoms with Crippen molar-refractivity contribution in [2.75, 3.05) is 12.8 Å². The molecule has 0 amide bonds. The summed E-state index contributed by atoms with van der Waals surface area (Å²) in [6.45, 7) is 4.58. The lowest BCUT2D eigenvalue weighted by Crippen LogP contribution is -2.41. The van der Waals surface area contributed by atoms with Crippen molar-refractivity contribution in [1.82, 2.24) is 4.31 Å². The van der Waals surface area contributed by atoms with Crippen molar-refractivity contribution in [2.24, 2.45) is 5.92 Å². The molecule has 0 saturated heterocycles. The van der Waals surface area contributed by atoms with Crippen LogP contribution in [0.15, 0.2) is 0 Å². The van der Waals surface area contributed by atoms with Gasteiger partial charge < -0.3 is 0 Å². The first-order chi connectivity index (χ1) is 5.91. The van der Waals surface area contributed by atoms with Gasteiger partial charge in [-0.15, -0.1) is 0 Å². The first-order valence-electron chi connectivity index (χ1n) is 4.88. The molecule has 0 aliphatic heterocycles. The van der Waals surface area contributed by atoms with Crippen molar-refractivity contribution in [3.8, 4) is 0 Å². The fourth-order valence-electron chi connectivity index (χ4n) is 1.66. The standard InChI is InChI=1S/C9H19NO2S/c1-8(2)10(13(3,11)12)7-9-5-4-6-9/h8-9H,4-7H2,1-3H3. The lowest BCUT2D eigenvalue weighted by atomic mass is 9.85. The van der Waals surface area contributed by atoms with E-state index in [0.29, 0.717) is 5.92 Å². The van der Waals surface area contributed by atoms with Gasteiger partial charge in [0.2, 0.25) is 10.0 Å². The van der Waals surface area contributed by atoms with Gasteiger partial charge in [0.05, 0.1) is 6.26 Å². The SMILES string of the molecule is CC(C)N(CC1CCC1)S(C)(=O)=O. The average Bonchev–Trinajstić information content (AvgIpc) is 1.79. The van der Waals surface area contributed by atoms with E-state index >= 15 is 0 Å². The maximum atomic E-state index is 11.4. The highest BCUT2D eigenvalue weighted by atomic mass is 32.2. The van der Waals surface area contributed by atoms with E-state index in [-0.39, 0.29) is 6.04 Å². The van der Waals surface area contributed by atoms with Gasteiger partial charge in [-0.05, 0) is 32.6 Å². The Morgan fingerprint density at radius 1 is 1.38 bits per heavy atom. The first-order valence-corrected chi connectivity index (χ1v) is 6.73. The Bertz CT molecular complexity index is 255. The maximum Gasteiger partial charge on any atom is 0.211 e. The molecule has 0 unspecified atom stereocenters. The second kappa shape index (κ2) is 3.96. The van der Waals surface area contributed by atoms with Crippen LogP contribution in [-0.4, -0.2) is 31.6 Å². The second-order valence-electron chi connectivity index (χ2n) is 4.22. The van der Waals surface area contributed by atoms with E-state index < -0.39 is 10.0 Å². The molecule has 78 valence electrons. The molecule has 0 heterocycles. The zero-order chi connectivity index (χ0) is 10.1. The van der Waals surface area contributed by atoms with Gasteiger partial charge in [0.25, 0.3) is 0 Å². The minimum absolute atomic E-state index is 0.0931. The number of nitrogens with zero attached hydrogens (tertiary/aromatic N) is 1. The van der Waals surface area contributed by atoms with Crippen LogP contribution in [0.25, 0.3) is 0 Å². The topological polar surface area (TPSA) is 37.4 Å². The van der Waals surface area contributed by atoms with Crippen LogP contribution in [0.5, 0.6) is 0 Å². The Labute approximate surface area is 81.2 Å². The summed E-state index contributed by atoms with van der Waals surface area (Å²) < 4.78 is 24.4. The van der Waals surface area contributed by atoms with Crippen LogP contribution in [0, 0.1) is 5.92 Å². The van der Waals surface area contributed by atoms with Crippen LogP contribution in [0.4, 0.5) is 0 Å². The molecule has 0 aromatic rings. The van der Waals surface area contributed by atoms with Crippen LogP contribution in [0.1, 0.15) is 33.1 Å². The predicted octanol–water partition coefficient (Wildman–Crippen LogP) is 1.46. The molecule has 1 fully saturated rings. The minimum Gasteiger partial charge on any atom is -0.212 e. The molecule has 1 aliphatic rings. The molecule has 4 heteroatoms. The largest absolute Gasteiger partial charge is 0.212 e. The molecule has 13 heavy (non-hydrogen) atoms. The molecule has 0 bridgehead atoms. The Kier molecular flexibility index (Phi) is 3.35. The van der Waals surface area contributed by atoms with E-state index in [0.717, 1.165) is 6.54 Å². The molecule has 1 aliphatic carbocycles. The Hall–Kier alpha value is -0.0900. The Morgan fingerprint density at radius 3 is 2.15 bits per heavy atom. The Morgan fingerprint density at radius 2 is 1.92 bits per heavy atom. The fourth-order valence-corrected chi connectivity index (χ4v) is 2.91. The van der Waals surface area contributed by atoms with Crippen molar-refractivity contribution in [3.63, 3.8) is 0 Å². The monoisotopic (exact) mass is 205 g/mol. The van der Waals surface area contributed by atoms with Crippen LogP contribution in [0.2, 0.25) is 0 Å². The first kappa shape index (κ1) is 11.0. The summed E-state index contributed by atoms with van der Waals surface area (Å²) in [6, 6.07) is 0.0931. The van der Waals surface area contributed by atoms with Gasteiger partial charge in [-0.1, -0.05) is 6.42 Å². The van der Waals surface area contributed by atoms with Crippen molar-refractivity contribution < 1.29 is 8.42 Å². The van der Waals surface area contributed by atoms with Gasteiger partial charge in [-0.25, -0.2) is 8.42 Å². The summed E-state index contributed by atoms with van der Waals surface area (Å²) in [5.41, 5.74) is 0. The lowest BCUT2D eigenvalue weighted by molar-refractivity contribution is 0.225. The summed E-state index contributed by atoms with van der Waals surface area (Å²) in [7, 11) is -3.00. The Balaban J connectivity index is 2.57. The molecule has 0 aromatic heterocycles. The lowest BCUT2D eigenvalue weighted by Gasteiger charge is -2.33. The van der Waals surface area contributed by atoms with Crippen LogP contribution in [-0.2, 0) is 10.0 Å². The van der Waals surface area contributed by atoms with Gasteiger partial charge in [-0.3, -0.25) is 0 Å². The van der Waals surface area contributed by atoms with Crippen molar-refractivity contribution in [2.45, 2.75) is 39.2 Å². The van der Waals surface area contributed by atoms with Crippen molar-refractivity contribution in [1.29, 1.82) is 0 Å². The quantitative estimate of drug-likeness (QED) is 0.696. The predicted molar refractivity (Wildman–Crippen MR) is 54.0 cm³/mol. The van der Waals surface area contributed by atoms with Gasteiger partial charge in [0.1, 0.15) is 0 Å². The summed E-state index contributed by atoms with van der Waals surface area (Å²) >= 11 is 0. The zero-order valence-corrected chi connectivity index (χ0v) is 9.47. The smallest absolute Gasteiger partial charge is 0.211 e. The van der Waals surface area contributed by atoms with Crippen LogP contribution >= 0.6 is 0 Å². The minimum atomic E-state index is -3.00. The third-order valence-electron chi connectivity index (χ3n) is 2.66. The molecular weight excluding hydrogens is 186 g/mol. The summed E-state index contributed by atoms with van der Waals surface area (Å²) in [4.78, 5) is 0. The van der Waals surface area contributed by atoms with E-state index in [2.05, 4.69) is 0 Å². The van der Waals surface area contributed by atoms with E-state index in [1.54, 1.807) is 4.31 Å². The highest BCUT2D eigenvalue weighted by Gasteiger charge is 2.27. The van der Waals surface area contributed by atoms with Gasteiger partial charge in [-0.2, -0.15) is 4.31 Å². The molecule has 1 saturated carbocycles. The molecule has 3 nitrogen and oxygen atoms in total. The van der Waals surface area contributed by atoms with Crippen molar-refractivity contribution >= 4 is 10.0 Å². The summed E-state index contributed by atoms with van der Waals surface area (Å²) in [6.07, 6.45) is 4.95. The van der Waals surface area contributed by atoms with E-state index in [1.807, 2.05) is 13.8 Å². The molecule has 0 radical (unpaired) electrons. The number of sulfonamides is 1. The number of rotatable bonds is 4. The maximum absolute atomic E-state index is 11.4. The molecule has 0 aromatic carbocycles. The average molecular weight is 205 g/mol. The second-order valence-corrected chi connectivity index (χ2v) is 6.16. The molecule has 1 rings (SSSR count). The van der Waals surface area contributed by atoms with Gasteiger partial charge in [0.15, 0.2) is 0 Å². The summed E-state index contributed by atoms with van der Waals surface area (Å²) in [5.74, 6) is 0.608. The third-order valence-corrected chi connectivity index (χ3v) is 4.09. The molecule has 0 atom stereocenters. The summed E-state index contributed by atoms with van der Waals surface area (Å²) in [5, 5.41) is 0. The number of hydrogen-bond acceptors (Lipinski definition) is 2. The molecule has 0 N–H and O–H groups in total. The molecular formula is C9H19NO2S. The third kappa shape index (κ3) is 2.95. The fraction of sp³-hybridized carbons (Fsp3) is 1.00. The zero-order valence-electron chi connectivity index (χ0n) is 8.66. The highest BCUT2D eigenvalue weighted by Crippen LogP contribution is 2.28. The van der Waals surface area contributed by atoms with Gasteiger partial charge in [0, 0.05) is 12.6 Å². The van der Waals surface area contributed by atoms with E-state index in [1.165, 1.54) is 25.5 Å². The van der Waals surface area contributed by atoms with Crippen molar-refractivity contribution in [3.05, 3.63) is 0 Å². The highest BCUT2D eigenvalue weighted by molar-refractivity contribution is 7.88. The molecule has 0 spiro atoms. The van der Waals surface area contributed by atoms with E-state index in [4.69, 9.17) is 0 Å². The normalized spacial score (nSPS) is 19.5. The number of hydrogen-bond donors (Lipinski definition) is 0.